The molecule has 1 aromatic rings. The zero-order valence-electron chi connectivity index (χ0n) is 19.4. The maximum Gasteiger partial charge on any atom is 0.0432 e. The van der Waals surface area contributed by atoms with Crippen LogP contribution in [0, 0.1) is 0 Å². The van der Waals surface area contributed by atoms with E-state index in [4.69, 9.17) is 0 Å². The van der Waals surface area contributed by atoms with Crippen LogP contribution in [0.1, 0.15) is 114 Å². The van der Waals surface area contributed by atoms with Crippen molar-refractivity contribution in [3.8, 4) is 0 Å². The molecule has 0 aromatic heterocycles. The molecule has 29 heavy (non-hydrogen) atoms. The Morgan fingerprint density at radius 2 is 1.66 bits per heavy atom. The summed E-state index contributed by atoms with van der Waals surface area (Å²) in [6, 6.07) is 5.14. The van der Waals surface area contributed by atoms with Gasteiger partial charge in [0.2, 0.25) is 0 Å². The van der Waals surface area contributed by atoms with Crippen LogP contribution in [0.2, 0.25) is 0 Å². The van der Waals surface area contributed by atoms with Gasteiger partial charge in [-0.3, -0.25) is 0 Å². The van der Waals surface area contributed by atoms with Gasteiger partial charge in [0.15, 0.2) is 0 Å². The van der Waals surface area contributed by atoms with Gasteiger partial charge in [-0.1, -0.05) is 92.8 Å². The first-order valence-electron chi connectivity index (χ1n) is 11.6. The first-order chi connectivity index (χ1) is 14.0. The number of hydrogen-bond acceptors (Lipinski definition) is 2. The van der Waals surface area contributed by atoms with Crippen molar-refractivity contribution >= 4 is 40.1 Å². The molecule has 1 rings (SSSR count). The fraction of sp³-hybridized carbons (Fsp3) is 0.680. The molecule has 0 aliphatic heterocycles. The topological polar surface area (TPSA) is 0 Å². The summed E-state index contributed by atoms with van der Waals surface area (Å²) >= 11 is 0. The highest BCUT2D eigenvalue weighted by atomic mass is 33.1. The van der Waals surface area contributed by atoms with Gasteiger partial charge in [0.1, 0.15) is 0 Å². The molecule has 0 saturated carbocycles. The highest BCUT2D eigenvalue weighted by Crippen LogP contribution is 2.42. The molecule has 0 spiro atoms. The zero-order valence-corrected chi connectivity index (χ0v) is 23.3. The van der Waals surface area contributed by atoms with Crippen molar-refractivity contribution in [3.05, 3.63) is 46.5 Å². The molecule has 4 unspecified atom stereocenters. The van der Waals surface area contributed by atoms with Crippen molar-refractivity contribution in [2.75, 3.05) is 0 Å². The van der Waals surface area contributed by atoms with Gasteiger partial charge in [0.05, 0.1) is 0 Å². The van der Waals surface area contributed by atoms with Crippen LogP contribution in [0.3, 0.4) is 0 Å². The van der Waals surface area contributed by atoms with Crippen molar-refractivity contribution < 1.29 is 0 Å². The third-order valence-corrected chi connectivity index (χ3v) is 9.88. The van der Waals surface area contributed by atoms with E-state index in [0.717, 1.165) is 5.75 Å². The van der Waals surface area contributed by atoms with Crippen molar-refractivity contribution in [1.29, 1.82) is 0 Å². The summed E-state index contributed by atoms with van der Waals surface area (Å²) in [5, 5.41) is 0. The Bertz CT molecular complexity index is 599. The highest BCUT2D eigenvalue weighted by Gasteiger charge is 2.21. The highest BCUT2D eigenvalue weighted by molar-refractivity contribution is 8.78. The SMILES string of the molecule is C/C=C\C(CC)c1cc(CCCC)cc(C(CC)CCCC)c1CSSC(P)P. The second-order valence-electron chi connectivity index (χ2n) is 7.97. The largest absolute Gasteiger partial charge is 0.119 e. The number of hydrogen-bond donors (Lipinski definition) is 0. The standard InChI is InChI=1S/C25H44P2S2/c1-6-11-14-19-16-22(20(9-4)13-8-3)24(18-28-29-25(26)27)23(17-19)21(10-5)15-12-7-2/h8,13,16-17,20-21,25H,6-7,9-12,14-15,18,26-27H2,1-5H3/b13-8-. The van der Waals surface area contributed by atoms with Crippen LogP contribution in [-0.2, 0) is 12.2 Å². The van der Waals surface area contributed by atoms with Crippen molar-refractivity contribution in [2.24, 2.45) is 0 Å². The zero-order chi connectivity index (χ0) is 21.6. The minimum atomic E-state index is 0.510. The van der Waals surface area contributed by atoms with Crippen molar-refractivity contribution in [1.82, 2.24) is 0 Å². The lowest BCUT2D eigenvalue weighted by atomic mass is 9.81. The molecule has 1 aromatic carbocycles. The molecule has 0 fully saturated rings. The average Bonchev–Trinajstić information content (AvgIpc) is 2.71. The molecule has 0 N–H and O–H groups in total. The van der Waals surface area contributed by atoms with Crippen LogP contribution in [0.5, 0.6) is 0 Å². The van der Waals surface area contributed by atoms with E-state index < -0.39 is 0 Å². The molecule has 4 atom stereocenters. The van der Waals surface area contributed by atoms with Gasteiger partial charge in [-0.25, -0.2) is 0 Å². The molecule has 0 radical (unpaired) electrons. The van der Waals surface area contributed by atoms with E-state index >= 15 is 0 Å². The number of rotatable bonds is 15. The van der Waals surface area contributed by atoms with Gasteiger partial charge in [-0.15, -0.1) is 18.5 Å². The first-order valence-corrected chi connectivity index (χ1v) is 15.3. The Hall–Kier alpha value is 0.520. The lowest BCUT2D eigenvalue weighted by Crippen LogP contribution is -2.09. The molecular weight excluding hydrogens is 426 g/mol. The van der Waals surface area contributed by atoms with Crippen LogP contribution >= 0.6 is 40.1 Å². The van der Waals surface area contributed by atoms with E-state index in [2.05, 4.69) is 77.4 Å². The molecule has 0 bridgehead atoms. The molecule has 4 heteroatoms. The Morgan fingerprint density at radius 3 is 2.21 bits per heavy atom. The van der Waals surface area contributed by atoms with Gasteiger partial charge in [0.25, 0.3) is 0 Å². The maximum absolute atomic E-state index is 2.89. The molecule has 0 heterocycles. The minimum Gasteiger partial charge on any atom is -0.119 e. The van der Waals surface area contributed by atoms with Crippen molar-refractivity contribution in [3.63, 3.8) is 0 Å². The summed E-state index contributed by atoms with van der Waals surface area (Å²) < 4.78 is 0.510. The minimum absolute atomic E-state index is 0.510. The molecule has 0 aliphatic rings. The normalized spacial score (nSPS) is 14.1. The van der Waals surface area contributed by atoms with Gasteiger partial charge in [0, 0.05) is 16.4 Å². The maximum atomic E-state index is 2.89. The quantitative estimate of drug-likeness (QED) is 0.142. The van der Waals surface area contributed by atoms with Gasteiger partial charge < -0.3 is 0 Å². The predicted molar refractivity (Wildman–Crippen MR) is 148 cm³/mol. The summed E-state index contributed by atoms with van der Waals surface area (Å²) in [5.41, 5.74) is 6.45. The average molecular weight is 471 g/mol. The van der Waals surface area contributed by atoms with Crippen molar-refractivity contribution in [2.45, 2.75) is 108 Å². The Morgan fingerprint density at radius 1 is 0.966 bits per heavy atom. The summed E-state index contributed by atoms with van der Waals surface area (Å²) in [6.45, 7) is 11.5. The molecule has 0 aliphatic carbocycles. The van der Waals surface area contributed by atoms with E-state index in [1.165, 1.54) is 51.4 Å². The second-order valence-corrected chi connectivity index (χ2v) is 13.7. The predicted octanol–water partition coefficient (Wildman–Crippen LogP) is 9.70. The van der Waals surface area contributed by atoms with E-state index in [1.807, 2.05) is 21.6 Å². The van der Waals surface area contributed by atoms with E-state index in [9.17, 15) is 0 Å². The fourth-order valence-electron chi connectivity index (χ4n) is 4.06. The Balaban J connectivity index is 3.49. The lowest BCUT2D eigenvalue weighted by Gasteiger charge is -2.26. The number of benzene rings is 1. The lowest BCUT2D eigenvalue weighted by molar-refractivity contribution is 0.565. The number of allylic oxidation sites excluding steroid dienone is 2. The smallest absolute Gasteiger partial charge is 0.0432 e. The second kappa shape index (κ2) is 16.2. The van der Waals surface area contributed by atoms with Gasteiger partial charge >= 0.3 is 0 Å². The third kappa shape index (κ3) is 9.68. The molecule has 0 nitrogen and oxygen atoms in total. The summed E-state index contributed by atoms with van der Waals surface area (Å²) in [5.74, 6) is 2.34. The van der Waals surface area contributed by atoms with E-state index in [-0.39, 0.29) is 0 Å². The molecular formula is C25H44P2S2. The van der Waals surface area contributed by atoms with Crippen LogP contribution in [0.25, 0.3) is 0 Å². The third-order valence-electron chi connectivity index (χ3n) is 5.68. The first kappa shape index (κ1) is 27.6. The van der Waals surface area contributed by atoms with E-state index in [0.29, 0.717) is 16.6 Å². The van der Waals surface area contributed by atoms with Crippen LogP contribution < -0.4 is 0 Å². The Labute approximate surface area is 194 Å². The molecule has 166 valence electrons. The number of aryl methyl sites for hydroxylation is 1. The van der Waals surface area contributed by atoms with Gasteiger partial charge in [-0.05, 0) is 67.2 Å². The fourth-order valence-corrected chi connectivity index (χ4v) is 7.18. The number of unbranched alkanes of at least 4 members (excludes halogenated alkanes) is 2. The molecule has 0 saturated heterocycles. The summed E-state index contributed by atoms with van der Waals surface area (Å²) in [4.78, 5) is 0. The van der Waals surface area contributed by atoms with E-state index in [1.54, 1.807) is 22.3 Å². The van der Waals surface area contributed by atoms with Gasteiger partial charge in [-0.2, -0.15) is 0 Å². The summed E-state index contributed by atoms with van der Waals surface area (Å²) in [7, 11) is 9.75. The van der Waals surface area contributed by atoms with Crippen LogP contribution in [0.15, 0.2) is 24.3 Å². The monoisotopic (exact) mass is 470 g/mol. The molecule has 0 amide bonds. The Kier molecular flexibility index (Phi) is 15.4. The van der Waals surface area contributed by atoms with Crippen LogP contribution in [-0.4, -0.2) is 4.73 Å². The summed E-state index contributed by atoms with van der Waals surface area (Å²) in [6.07, 6.45) is 14.8. The van der Waals surface area contributed by atoms with Crippen LogP contribution in [0.4, 0.5) is 0 Å².